The normalized spacial score (nSPS) is 33.7. The van der Waals surface area contributed by atoms with Crippen LogP contribution in [0.25, 0.3) is 0 Å². The van der Waals surface area contributed by atoms with Gasteiger partial charge in [0.05, 0.1) is 13.2 Å². The Kier molecular flexibility index (Phi) is 4.78. The summed E-state index contributed by atoms with van der Waals surface area (Å²) in [4.78, 5) is 2.70. The molecule has 1 aliphatic carbocycles. The lowest BCUT2D eigenvalue weighted by Crippen LogP contribution is -2.49. The highest BCUT2D eigenvalue weighted by molar-refractivity contribution is 5.41. The van der Waals surface area contributed by atoms with E-state index in [-0.39, 0.29) is 5.41 Å². The number of hydrogen-bond donors (Lipinski definition) is 2. The second-order valence-electron chi connectivity index (χ2n) is 8.68. The number of rotatable bonds is 3. The molecule has 1 aromatic rings. The average Bonchev–Trinajstić information content (AvgIpc) is 3.41. The lowest BCUT2D eigenvalue weighted by molar-refractivity contribution is 0.0250. The van der Waals surface area contributed by atoms with Crippen molar-refractivity contribution in [2.45, 2.75) is 56.5 Å². The molecular formula is C21H32N2O2. The summed E-state index contributed by atoms with van der Waals surface area (Å²) in [6, 6.07) is 6.83. The molecule has 3 heterocycles. The van der Waals surface area contributed by atoms with Crippen molar-refractivity contribution in [2.75, 3.05) is 33.4 Å². The van der Waals surface area contributed by atoms with E-state index in [1.807, 2.05) is 19.2 Å². The highest BCUT2D eigenvalue weighted by Gasteiger charge is 2.38. The van der Waals surface area contributed by atoms with Crippen molar-refractivity contribution < 1.29 is 9.84 Å². The van der Waals surface area contributed by atoms with Gasteiger partial charge in [0, 0.05) is 18.6 Å². The van der Waals surface area contributed by atoms with Crippen LogP contribution in [0.2, 0.25) is 0 Å². The number of aromatic hydroxyl groups is 1. The third-order valence-corrected chi connectivity index (χ3v) is 6.59. The van der Waals surface area contributed by atoms with Crippen LogP contribution in [0, 0.1) is 5.92 Å². The largest absolute Gasteiger partial charge is 0.508 e. The molecule has 3 aliphatic heterocycles. The predicted octanol–water partition coefficient (Wildman–Crippen LogP) is 2.69. The number of hydrogen-bond acceptors (Lipinski definition) is 4. The maximum absolute atomic E-state index is 10.1. The predicted molar refractivity (Wildman–Crippen MR) is 100 cm³/mol. The van der Waals surface area contributed by atoms with Gasteiger partial charge in [-0.3, -0.25) is 4.90 Å². The lowest BCUT2D eigenvalue weighted by Gasteiger charge is -2.44. The second-order valence-corrected chi connectivity index (χ2v) is 8.68. The van der Waals surface area contributed by atoms with Gasteiger partial charge in [0.2, 0.25) is 0 Å². The molecule has 2 bridgehead atoms. The fourth-order valence-corrected chi connectivity index (χ4v) is 4.78. The molecule has 138 valence electrons. The number of likely N-dealkylation sites (N-methyl/N-ethyl adjacent to an activating group) is 1. The minimum Gasteiger partial charge on any atom is -0.508 e. The minimum atomic E-state index is 0.0647. The van der Waals surface area contributed by atoms with Gasteiger partial charge in [0.25, 0.3) is 0 Å². The molecule has 2 N–H and O–H groups in total. The van der Waals surface area contributed by atoms with Gasteiger partial charge in [-0.1, -0.05) is 13.0 Å². The third kappa shape index (κ3) is 3.71. The summed E-state index contributed by atoms with van der Waals surface area (Å²) in [7, 11) is 2.03. The number of phenols is 1. The molecule has 1 saturated heterocycles. The van der Waals surface area contributed by atoms with Gasteiger partial charge in [-0.05, 0) is 80.3 Å². The fourth-order valence-electron chi connectivity index (χ4n) is 4.78. The summed E-state index contributed by atoms with van der Waals surface area (Å²) in [5.41, 5.74) is 2.81. The Morgan fingerprint density at radius 3 is 2.92 bits per heavy atom. The number of ether oxygens (including phenoxy) is 1. The highest BCUT2D eigenvalue weighted by atomic mass is 16.5. The van der Waals surface area contributed by atoms with E-state index in [0.717, 1.165) is 44.9 Å². The molecule has 5 rings (SSSR count). The fraction of sp³-hybridized carbons (Fsp3) is 0.714. The Morgan fingerprint density at radius 1 is 1.32 bits per heavy atom. The van der Waals surface area contributed by atoms with Crippen molar-refractivity contribution in [1.29, 1.82) is 0 Å². The van der Waals surface area contributed by atoms with Crippen LogP contribution >= 0.6 is 0 Å². The van der Waals surface area contributed by atoms with Gasteiger partial charge < -0.3 is 15.2 Å². The molecule has 2 unspecified atom stereocenters. The van der Waals surface area contributed by atoms with Gasteiger partial charge in [-0.25, -0.2) is 0 Å². The van der Waals surface area contributed by atoms with E-state index in [1.54, 1.807) is 0 Å². The van der Waals surface area contributed by atoms with Gasteiger partial charge >= 0.3 is 0 Å². The van der Waals surface area contributed by atoms with Crippen molar-refractivity contribution in [3.8, 4) is 5.75 Å². The minimum absolute atomic E-state index is 0.0647. The summed E-state index contributed by atoms with van der Waals surface area (Å²) in [5, 5.41) is 13.6. The number of benzene rings is 1. The summed E-state index contributed by atoms with van der Waals surface area (Å²) < 4.78 is 6.16. The Balaban J connectivity index is 1.73. The average molecular weight is 344 g/mol. The van der Waals surface area contributed by atoms with E-state index < -0.39 is 0 Å². The molecule has 0 radical (unpaired) electrons. The molecule has 1 aromatic carbocycles. The van der Waals surface area contributed by atoms with Crippen LogP contribution in [0.15, 0.2) is 18.2 Å². The van der Waals surface area contributed by atoms with Crippen LogP contribution < -0.4 is 5.32 Å². The van der Waals surface area contributed by atoms with Crippen molar-refractivity contribution in [2.24, 2.45) is 5.92 Å². The van der Waals surface area contributed by atoms with E-state index >= 15 is 0 Å². The summed E-state index contributed by atoms with van der Waals surface area (Å²) >= 11 is 0. The molecule has 4 heteroatoms. The summed E-state index contributed by atoms with van der Waals surface area (Å²) in [5.74, 6) is 1.30. The molecule has 2 fully saturated rings. The van der Waals surface area contributed by atoms with Crippen molar-refractivity contribution in [3.05, 3.63) is 29.3 Å². The van der Waals surface area contributed by atoms with E-state index in [0.29, 0.717) is 17.8 Å². The zero-order valence-corrected chi connectivity index (χ0v) is 15.6. The molecule has 4 nitrogen and oxygen atoms in total. The van der Waals surface area contributed by atoms with Gasteiger partial charge in [-0.15, -0.1) is 0 Å². The Hall–Kier alpha value is -1.10. The molecule has 0 aromatic heterocycles. The molecule has 0 spiro atoms. The first kappa shape index (κ1) is 17.3. The molecule has 1 saturated carbocycles. The Labute approximate surface area is 151 Å². The molecular weight excluding hydrogens is 312 g/mol. The zero-order valence-electron chi connectivity index (χ0n) is 15.6. The number of phenolic OH excluding ortho intramolecular Hbond substituents is 1. The van der Waals surface area contributed by atoms with Crippen molar-refractivity contribution in [1.82, 2.24) is 10.2 Å². The van der Waals surface area contributed by atoms with Crippen molar-refractivity contribution >= 4 is 0 Å². The number of nitrogens with zero attached hydrogens (tertiary/aromatic N) is 1. The standard InChI is InChI=1S/C21H32N2O2/c1-21-7-8-23(12-15-3-4-15)18(14-25-13-17(11-21)22-2)9-16-5-6-19(24)10-20(16)21/h5-6,10,15,17-18,22,24H,3-4,7-9,11-14H2,1-2H3/t17?,18-,21?/m1/s1. The second kappa shape index (κ2) is 6.90. The van der Waals surface area contributed by atoms with Gasteiger partial charge in [0.15, 0.2) is 0 Å². The topological polar surface area (TPSA) is 44.7 Å². The van der Waals surface area contributed by atoms with E-state index in [4.69, 9.17) is 4.74 Å². The van der Waals surface area contributed by atoms with Gasteiger partial charge in [-0.2, -0.15) is 0 Å². The highest BCUT2D eigenvalue weighted by Crippen LogP contribution is 2.41. The maximum Gasteiger partial charge on any atom is 0.115 e. The lowest BCUT2D eigenvalue weighted by atomic mass is 9.70. The first-order chi connectivity index (χ1) is 12.1. The summed E-state index contributed by atoms with van der Waals surface area (Å²) in [6.45, 7) is 6.32. The monoisotopic (exact) mass is 344 g/mol. The quantitative estimate of drug-likeness (QED) is 0.885. The smallest absolute Gasteiger partial charge is 0.115 e. The first-order valence-electron chi connectivity index (χ1n) is 9.89. The first-order valence-corrected chi connectivity index (χ1v) is 9.89. The molecule has 25 heavy (non-hydrogen) atoms. The molecule has 4 aliphatic rings. The van der Waals surface area contributed by atoms with Gasteiger partial charge in [0.1, 0.15) is 5.75 Å². The zero-order chi connectivity index (χ0) is 17.4. The molecule has 3 atom stereocenters. The third-order valence-electron chi connectivity index (χ3n) is 6.59. The molecule has 0 amide bonds. The number of nitrogens with one attached hydrogen (secondary N) is 1. The number of fused-ring (bicyclic) bond motifs is 6. The Morgan fingerprint density at radius 2 is 2.16 bits per heavy atom. The van der Waals surface area contributed by atoms with Crippen LogP contribution in [-0.2, 0) is 16.6 Å². The van der Waals surface area contributed by atoms with Crippen LogP contribution in [-0.4, -0.2) is 55.4 Å². The van der Waals surface area contributed by atoms with Crippen LogP contribution in [0.1, 0.15) is 43.7 Å². The van der Waals surface area contributed by atoms with E-state index in [1.165, 1.54) is 30.5 Å². The van der Waals surface area contributed by atoms with E-state index in [9.17, 15) is 5.11 Å². The maximum atomic E-state index is 10.1. The van der Waals surface area contributed by atoms with Crippen LogP contribution in [0.4, 0.5) is 0 Å². The van der Waals surface area contributed by atoms with E-state index in [2.05, 4.69) is 23.2 Å². The van der Waals surface area contributed by atoms with Crippen LogP contribution in [0.3, 0.4) is 0 Å². The van der Waals surface area contributed by atoms with Crippen molar-refractivity contribution in [3.63, 3.8) is 0 Å². The van der Waals surface area contributed by atoms with Crippen LogP contribution in [0.5, 0.6) is 5.75 Å². The Bertz CT molecular complexity index is 616. The SMILES string of the molecule is CNC1COC[C@H]2Cc3ccc(O)cc3C(C)(CCN2CC2CC2)C1. The summed E-state index contributed by atoms with van der Waals surface area (Å²) in [6.07, 6.45) is 6.01.